The predicted octanol–water partition coefficient (Wildman–Crippen LogP) is 3.82. The lowest BCUT2D eigenvalue weighted by atomic mass is 9.78. The minimum absolute atomic E-state index is 0.112. The van der Waals surface area contributed by atoms with E-state index in [1.54, 1.807) is 6.07 Å². The molecule has 0 aliphatic heterocycles. The molecule has 0 bridgehead atoms. The lowest BCUT2D eigenvalue weighted by Gasteiger charge is -2.25. The van der Waals surface area contributed by atoms with Crippen molar-refractivity contribution < 1.29 is 4.79 Å². The summed E-state index contributed by atoms with van der Waals surface area (Å²) in [5.41, 5.74) is 10.9. The number of Topliss-reactive ketones (excluding diaryl/α,β-unsaturated/α-hetero) is 1. The fourth-order valence-corrected chi connectivity index (χ4v) is 4.83. The van der Waals surface area contributed by atoms with E-state index in [9.17, 15) is 4.79 Å². The van der Waals surface area contributed by atoms with Gasteiger partial charge in [0.15, 0.2) is 5.78 Å². The van der Waals surface area contributed by atoms with Crippen molar-refractivity contribution in [2.75, 3.05) is 5.73 Å². The van der Waals surface area contributed by atoms with Gasteiger partial charge < -0.3 is 5.73 Å². The molecule has 0 radical (unpaired) electrons. The van der Waals surface area contributed by atoms with Crippen LogP contribution in [-0.4, -0.2) is 5.78 Å². The van der Waals surface area contributed by atoms with Gasteiger partial charge in [-0.1, -0.05) is 61.5 Å². The first-order valence-electron chi connectivity index (χ1n) is 9.98. The van der Waals surface area contributed by atoms with Gasteiger partial charge in [0.05, 0.1) is 0 Å². The quantitative estimate of drug-likeness (QED) is 0.554. The molecule has 5 rings (SSSR count). The zero-order valence-electron chi connectivity index (χ0n) is 16.0. The molecule has 0 aromatic heterocycles. The van der Waals surface area contributed by atoms with Gasteiger partial charge in [0.25, 0.3) is 0 Å². The molecule has 2 nitrogen and oxygen atoms in total. The Labute approximate surface area is 164 Å². The summed E-state index contributed by atoms with van der Waals surface area (Å²) in [4.78, 5) is 13.3. The van der Waals surface area contributed by atoms with Gasteiger partial charge in [-0.2, -0.15) is 0 Å². The van der Waals surface area contributed by atoms with Crippen molar-refractivity contribution in [2.24, 2.45) is 0 Å². The summed E-state index contributed by atoms with van der Waals surface area (Å²) in [7, 11) is 0. The van der Waals surface area contributed by atoms with E-state index in [2.05, 4.69) is 49.4 Å². The fraction of sp³-hybridized carbons (Fsp3) is 0.192. The Hall–Kier alpha value is -3.13. The highest BCUT2D eigenvalue weighted by molar-refractivity contribution is 6.24. The van der Waals surface area contributed by atoms with Gasteiger partial charge in [-0.25, -0.2) is 0 Å². The smallest absolute Gasteiger partial charge is 0.189 e. The first-order valence-corrected chi connectivity index (χ1v) is 9.98. The van der Waals surface area contributed by atoms with Crippen molar-refractivity contribution in [2.45, 2.75) is 32.1 Å². The van der Waals surface area contributed by atoms with Gasteiger partial charge in [-0.05, 0) is 69.3 Å². The Morgan fingerprint density at radius 1 is 0.964 bits per heavy atom. The maximum Gasteiger partial charge on any atom is 0.189 e. The zero-order chi connectivity index (χ0) is 19.3. The largest absolute Gasteiger partial charge is 0.399 e. The molecule has 2 aliphatic carbocycles. The number of nitrogens with two attached hydrogens (primary N) is 1. The van der Waals surface area contributed by atoms with E-state index >= 15 is 0 Å². The molecule has 2 aliphatic rings. The highest BCUT2D eigenvalue weighted by Crippen LogP contribution is 2.31. The minimum Gasteiger partial charge on any atom is -0.399 e. The highest BCUT2D eigenvalue weighted by Gasteiger charge is 2.24. The number of benzene rings is 3. The van der Waals surface area contributed by atoms with Crippen LogP contribution in [-0.2, 0) is 6.42 Å². The molecule has 28 heavy (non-hydrogen) atoms. The molecule has 0 spiro atoms. The molecule has 0 fully saturated rings. The van der Waals surface area contributed by atoms with Gasteiger partial charge in [-0.3, -0.25) is 4.79 Å². The molecular formula is C26H23NO. The molecule has 2 heteroatoms. The summed E-state index contributed by atoms with van der Waals surface area (Å²) >= 11 is 0. The summed E-state index contributed by atoms with van der Waals surface area (Å²) < 4.78 is 0. The number of nitrogen functional groups attached to an aromatic ring is 1. The second kappa shape index (κ2) is 6.49. The van der Waals surface area contributed by atoms with Crippen molar-refractivity contribution in [3.05, 3.63) is 98.2 Å². The molecule has 138 valence electrons. The van der Waals surface area contributed by atoms with Crippen LogP contribution in [0.2, 0.25) is 0 Å². The van der Waals surface area contributed by atoms with Crippen molar-refractivity contribution >= 4 is 23.1 Å². The number of anilines is 1. The molecule has 3 aromatic carbocycles. The Balaban J connectivity index is 1.82. The molecule has 0 saturated carbocycles. The second-order valence-electron chi connectivity index (χ2n) is 7.92. The number of carbonyl (C=O) groups is 1. The first-order chi connectivity index (χ1) is 13.6. The van der Waals surface area contributed by atoms with E-state index in [-0.39, 0.29) is 5.78 Å². The second-order valence-corrected chi connectivity index (χ2v) is 7.92. The summed E-state index contributed by atoms with van der Waals surface area (Å²) in [5.74, 6) is 0.571. The Morgan fingerprint density at radius 3 is 2.64 bits per heavy atom. The van der Waals surface area contributed by atoms with Gasteiger partial charge >= 0.3 is 0 Å². The number of hydrogen-bond acceptors (Lipinski definition) is 2. The predicted molar refractivity (Wildman–Crippen MR) is 114 cm³/mol. The number of ketones is 1. The highest BCUT2D eigenvalue weighted by atomic mass is 16.1. The number of rotatable bonds is 2. The topological polar surface area (TPSA) is 43.1 Å². The van der Waals surface area contributed by atoms with Crippen molar-refractivity contribution in [3.63, 3.8) is 0 Å². The Morgan fingerprint density at radius 2 is 1.79 bits per heavy atom. The minimum atomic E-state index is 0.112. The lowest BCUT2D eigenvalue weighted by molar-refractivity contribution is 0.105. The van der Waals surface area contributed by atoms with Crippen LogP contribution >= 0.6 is 0 Å². The van der Waals surface area contributed by atoms with Crippen LogP contribution < -0.4 is 16.2 Å². The van der Waals surface area contributed by atoms with Gasteiger partial charge in [-0.15, -0.1) is 0 Å². The lowest BCUT2D eigenvalue weighted by Crippen LogP contribution is -2.27. The molecule has 0 saturated heterocycles. The average molecular weight is 365 g/mol. The summed E-state index contributed by atoms with van der Waals surface area (Å²) in [5, 5.41) is 5.06. The average Bonchev–Trinajstić information content (AvgIpc) is 2.73. The van der Waals surface area contributed by atoms with Gasteiger partial charge in [0.2, 0.25) is 0 Å². The summed E-state index contributed by atoms with van der Waals surface area (Å²) in [6, 6.07) is 20.3. The van der Waals surface area contributed by atoms with Crippen molar-refractivity contribution in [3.8, 4) is 0 Å². The standard InChI is InChI=1S/C26H23NO/c1-16-9-11-24(26(28)18-6-4-7-19(27)15-18)23-14-13-21-20-8-3-2-5-17(20)10-12-22(21)25(16)23/h2-8,10,13-16H,9,11-12,27H2,1H3. The van der Waals surface area contributed by atoms with E-state index in [1.165, 1.54) is 26.8 Å². The molecule has 2 N–H and O–H groups in total. The van der Waals surface area contributed by atoms with Gasteiger partial charge in [0, 0.05) is 16.8 Å². The summed E-state index contributed by atoms with van der Waals surface area (Å²) in [6.07, 6.45) is 5.08. The van der Waals surface area contributed by atoms with Crippen molar-refractivity contribution in [1.82, 2.24) is 0 Å². The van der Waals surface area contributed by atoms with Crippen LogP contribution in [0.5, 0.6) is 0 Å². The van der Waals surface area contributed by atoms with Crippen LogP contribution in [0.25, 0.3) is 11.6 Å². The summed E-state index contributed by atoms with van der Waals surface area (Å²) in [6.45, 7) is 2.29. The Kier molecular flexibility index (Phi) is 3.94. The normalized spacial score (nSPS) is 17.2. The van der Waals surface area contributed by atoms with Crippen LogP contribution in [0.3, 0.4) is 0 Å². The van der Waals surface area contributed by atoms with Crippen LogP contribution in [0.4, 0.5) is 5.69 Å². The maximum absolute atomic E-state index is 13.3. The maximum atomic E-state index is 13.3. The molecule has 1 atom stereocenters. The monoisotopic (exact) mass is 365 g/mol. The SMILES string of the molecule is CC1CCC(C(=O)c2cccc(N)c2)=c2ccc3c(c21)CC=c1ccccc1=3. The number of fused-ring (bicyclic) bond motifs is 4. The third-order valence-electron chi connectivity index (χ3n) is 6.20. The molecule has 1 unspecified atom stereocenters. The molecular weight excluding hydrogens is 342 g/mol. The Bertz CT molecular complexity index is 1330. The first kappa shape index (κ1) is 17.0. The van der Waals surface area contributed by atoms with E-state index in [1.807, 2.05) is 18.2 Å². The van der Waals surface area contributed by atoms with Crippen LogP contribution in [0.15, 0.2) is 60.7 Å². The molecule has 0 amide bonds. The third-order valence-corrected chi connectivity index (χ3v) is 6.20. The van der Waals surface area contributed by atoms with E-state index < -0.39 is 0 Å². The van der Waals surface area contributed by atoms with Gasteiger partial charge in [0.1, 0.15) is 0 Å². The van der Waals surface area contributed by atoms with Crippen LogP contribution in [0, 0.1) is 10.4 Å². The van der Waals surface area contributed by atoms with E-state index in [4.69, 9.17) is 5.73 Å². The van der Waals surface area contributed by atoms with E-state index in [0.29, 0.717) is 17.2 Å². The van der Waals surface area contributed by atoms with Crippen LogP contribution in [0.1, 0.15) is 47.2 Å². The number of hydrogen-bond donors (Lipinski definition) is 1. The van der Waals surface area contributed by atoms with E-state index in [0.717, 1.165) is 30.1 Å². The van der Waals surface area contributed by atoms with Crippen molar-refractivity contribution in [1.29, 1.82) is 0 Å². The molecule has 3 aromatic rings. The number of carbonyl (C=O) groups excluding carboxylic acids is 1. The third kappa shape index (κ3) is 2.60. The fourth-order valence-electron chi connectivity index (χ4n) is 4.83. The zero-order valence-corrected chi connectivity index (χ0v) is 16.0. The molecule has 0 heterocycles.